The number of fused-ring (bicyclic) bond motifs is 2. The van der Waals surface area contributed by atoms with E-state index in [1.54, 1.807) is 6.07 Å². The van der Waals surface area contributed by atoms with Gasteiger partial charge in [-0.15, -0.1) is 0 Å². The lowest BCUT2D eigenvalue weighted by Crippen LogP contribution is -2.39. The first-order valence-electron chi connectivity index (χ1n) is 8.15. The maximum Gasteiger partial charge on any atom is 0.159 e. The summed E-state index contributed by atoms with van der Waals surface area (Å²) in [6.45, 7) is 0.865. The largest absolute Gasteiger partial charge is 0.326 e. The summed E-state index contributed by atoms with van der Waals surface area (Å²) < 4.78 is 26.8. The van der Waals surface area contributed by atoms with Crippen LogP contribution in [0.4, 0.5) is 8.78 Å². The molecule has 0 aromatic heterocycles. The monoisotopic (exact) mass is 314 g/mol. The van der Waals surface area contributed by atoms with Crippen LogP contribution in [0, 0.1) is 11.6 Å². The summed E-state index contributed by atoms with van der Waals surface area (Å²) in [7, 11) is 0. The maximum atomic E-state index is 13.6. The van der Waals surface area contributed by atoms with Crippen LogP contribution in [0.5, 0.6) is 0 Å². The van der Waals surface area contributed by atoms with Gasteiger partial charge in [0.25, 0.3) is 0 Å². The minimum atomic E-state index is -0.799. The highest BCUT2D eigenvalue weighted by Gasteiger charge is 2.51. The van der Waals surface area contributed by atoms with E-state index in [0.29, 0.717) is 12.1 Å². The predicted molar refractivity (Wildman–Crippen MR) is 85.9 cm³/mol. The molecule has 0 radical (unpaired) electrons. The molecule has 4 atom stereocenters. The second-order valence-electron chi connectivity index (χ2n) is 6.65. The maximum absolute atomic E-state index is 13.6. The Labute approximate surface area is 134 Å². The summed E-state index contributed by atoms with van der Waals surface area (Å²) >= 11 is 0. The fraction of sp³-hybridized carbons (Fsp3) is 0.368. The summed E-state index contributed by atoms with van der Waals surface area (Å²) in [4.78, 5) is 2.45. The van der Waals surface area contributed by atoms with Crippen molar-refractivity contribution < 1.29 is 8.78 Å². The van der Waals surface area contributed by atoms with Gasteiger partial charge in [0.15, 0.2) is 11.6 Å². The molecule has 0 spiro atoms. The zero-order valence-electron chi connectivity index (χ0n) is 12.8. The molecule has 2 aromatic carbocycles. The summed E-state index contributed by atoms with van der Waals surface area (Å²) in [5.74, 6) is -1.51. The third-order valence-corrected chi connectivity index (χ3v) is 5.42. The van der Waals surface area contributed by atoms with Crippen molar-refractivity contribution in [1.29, 1.82) is 0 Å². The van der Waals surface area contributed by atoms with Crippen LogP contribution in [0.1, 0.15) is 29.9 Å². The summed E-state index contributed by atoms with van der Waals surface area (Å²) in [5, 5.41) is 0. The fourth-order valence-corrected chi connectivity index (χ4v) is 4.41. The number of halogens is 2. The van der Waals surface area contributed by atoms with Crippen molar-refractivity contribution in [3.63, 3.8) is 0 Å². The van der Waals surface area contributed by atoms with Gasteiger partial charge in [0, 0.05) is 30.6 Å². The lowest BCUT2D eigenvalue weighted by atomic mass is 9.80. The zero-order valence-corrected chi connectivity index (χ0v) is 12.8. The molecule has 2 bridgehead atoms. The molecule has 0 unspecified atom stereocenters. The van der Waals surface area contributed by atoms with Gasteiger partial charge >= 0.3 is 0 Å². The van der Waals surface area contributed by atoms with E-state index in [9.17, 15) is 8.78 Å². The average molecular weight is 314 g/mol. The zero-order chi connectivity index (χ0) is 16.0. The molecule has 2 aromatic rings. The highest BCUT2D eigenvalue weighted by Crippen LogP contribution is 2.46. The third-order valence-electron chi connectivity index (χ3n) is 5.42. The molecule has 2 fully saturated rings. The SMILES string of the molecule is N[C@H]1[C@H](c2ccc(F)c(F)c2)[C@@H]2CC[C@H]1N2Cc1ccccc1. The Morgan fingerprint density at radius 1 is 0.957 bits per heavy atom. The molecule has 4 rings (SSSR count). The summed E-state index contributed by atoms with van der Waals surface area (Å²) in [6, 6.07) is 15.2. The topological polar surface area (TPSA) is 29.3 Å². The molecule has 2 heterocycles. The van der Waals surface area contributed by atoms with Gasteiger partial charge < -0.3 is 5.73 Å². The lowest BCUT2D eigenvalue weighted by Gasteiger charge is -2.26. The minimum Gasteiger partial charge on any atom is -0.326 e. The Morgan fingerprint density at radius 2 is 1.70 bits per heavy atom. The molecule has 2 N–H and O–H groups in total. The molecule has 2 saturated heterocycles. The average Bonchev–Trinajstić information content (AvgIpc) is 3.06. The van der Waals surface area contributed by atoms with Crippen LogP contribution in [0.15, 0.2) is 48.5 Å². The van der Waals surface area contributed by atoms with Crippen molar-refractivity contribution in [2.45, 2.75) is 43.4 Å². The van der Waals surface area contributed by atoms with Crippen LogP contribution < -0.4 is 5.73 Å². The standard InChI is InChI=1S/C19H20F2N2/c20-14-7-6-13(10-15(14)21)18-16-8-9-17(19(18)22)23(16)11-12-4-2-1-3-5-12/h1-7,10,16-19H,8-9,11,22H2/t16-,17+,18+,19+/m0/s1. The Balaban J connectivity index is 1.62. The van der Waals surface area contributed by atoms with Gasteiger partial charge in [0.1, 0.15) is 0 Å². The summed E-state index contributed by atoms with van der Waals surface area (Å²) in [5.41, 5.74) is 8.56. The number of nitrogens with two attached hydrogens (primary N) is 1. The van der Waals surface area contributed by atoms with Crippen LogP contribution in [-0.4, -0.2) is 23.0 Å². The molecule has 0 saturated carbocycles. The number of rotatable bonds is 3. The molecular formula is C19H20F2N2. The minimum absolute atomic E-state index is 0.0256. The van der Waals surface area contributed by atoms with E-state index < -0.39 is 11.6 Å². The number of benzene rings is 2. The van der Waals surface area contributed by atoms with Gasteiger partial charge in [-0.05, 0) is 36.1 Å². The third kappa shape index (κ3) is 2.46. The van der Waals surface area contributed by atoms with Crippen LogP contribution in [0.3, 0.4) is 0 Å². The van der Waals surface area contributed by atoms with Crippen molar-refractivity contribution in [2.24, 2.45) is 5.73 Å². The van der Waals surface area contributed by atoms with E-state index in [1.165, 1.54) is 17.7 Å². The van der Waals surface area contributed by atoms with Gasteiger partial charge in [0.05, 0.1) is 0 Å². The molecule has 0 amide bonds. The van der Waals surface area contributed by atoms with Crippen LogP contribution >= 0.6 is 0 Å². The van der Waals surface area contributed by atoms with Crippen LogP contribution in [-0.2, 0) is 6.54 Å². The highest BCUT2D eigenvalue weighted by molar-refractivity contribution is 5.30. The molecule has 23 heavy (non-hydrogen) atoms. The van der Waals surface area contributed by atoms with Gasteiger partial charge in [-0.2, -0.15) is 0 Å². The van der Waals surface area contributed by atoms with Crippen molar-refractivity contribution in [3.8, 4) is 0 Å². The van der Waals surface area contributed by atoms with Crippen LogP contribution in [0.25, 0.3) is 0 Å². The van der Waals surface area contributed by atoms with Crippen molar-refractivity contribution >= 4 is 0 Å². The second kappa shape index (κ2) is 5.69. The predicted octanol–water partition coefficient (Wildman–Crippen LogP) is 3.42. The van der Waals surface area contributed by atoms with Gasteiger partial charge in [-0.25, -0.2) is 8.78 Å². The van der Waals surface area contributed by atoms with E-state index >= 15 is 0 Å². The quantitative estimate of drug-likeness (QED) is 0.940. The second-order valence-corrected chi connectivity index (χ2v) is 6.65. The Bertz CT molecular complexity index is 704. The molecule has 2 nitrogen and oxygen atoms in total. The first-order valence-corrected chi connectivity index (χ1v) is 8.15. The van der Waals surface area contributed by atoms with E-state index in [-0.39, 0.29) is 12.0 Å². The normalized spacial score (nSPS) is 30.0. The van der Waals surface area contributed by atoms with E-state index in [1.807, 2.05) is 18.2 Å². The molecule has 0 aliphatic carbocycles. The lowest BCUT2D eigenvalue weighted by molar-refractivity contribution is 0.236. The van der Waals surface area contributed by atoms with Crippen molar-refractivity contribution in [1.82, 2.24) is 4.90 Å². The van der Waals surface area contributed by atoms with Crippen molar-refractivity contribution in [2.75, 3.05) is 0 Å². The molecule has 120 valence electrons. The van der Waals surface area contributed by atoms with Gasteiger partial charge in [-0.1, -0.05) is 36.4 Å². The van der Waals surface area contributed by atoms with Crippen LogP contribution in [0.2, 0.25) is 0 Å². The molecular weight excluding hydrogens is 294 g/mol. The molecule has 2 aliphatic heterocycles. The number of hydrogen-bond donors (Lipinski definition) is 1. The Hall–Kier alpha value is -1.78. The Morgan fingerprint density at radius 3 is 2.43 bits per heavy atom. The van der Waals surface area contributed by atoms with E-state index in [4.69, 9.17) is 5.73 Å². The summed E-state index contributed by atoms with van der Waals surface area (Å²) in [6.07, 6.45) is 2.15. The van der Waals surface area contributed by atoms with Gasteiger partial charge in [-0.3, -0.25) is 4.90 Å². The van der Waals surface area contributed by atoms with E-state index in [0.717, 1.165) is 24.9 Å². The van der Waals surface area contributed by atoms with Crippen molar-refractivity contribution in [3.05, 3.63) is 71.3 Å². The fourth-order valence-electron chi connectivity index (χ4n) is 4.41. The molecule has 2 aliphatic rings. The van der Waals surface area contributed by atoms with E-state index in [2.05, 4.69) is 17.0 Å². The smallest absolute Gasteiger partial charge is 0.159 e. The Kier molecular flexibility index (Phi) is 3.66. The number of hydrogen-bond acceptors (Lipinski definition) is 2. The highest BCUT2D eigenvalue weighted by atomic mass is 19.2. The number of nitrogens with zero attached hydrogens (tertiary/aromatic N) is 1. The van der Waals surface area contributed by atoms with Gasteiger partial charge in [0.2, 0.25) is 0 Å². The molecule has 4 heteroatoms. The first kappa shape index (κ1) is 14.8. The first-order chi connectivity index (χ1) is 11.1.